The molecule has 1 aromatic rings. The van der Waals surface area contributed by atoms with Crippen LogP contribution in [0.4, 0.5) is 0 Å². The fourth-order valence-electron chi connectivity index (χ4n) is 2.23. The van der Waals surface area contributed by atoms with Crippen molar-refractivity contribution in [2.45, 2.75) is 25.7 Å². The minimum absolute atomic E-state index is 0.436. The van der Waals surface area contributed by atoms with Crippen LogP contribution in [-0.4, -0.2) is 13.1 Å². The van der Waals surface area contributed by atoms with Gasteiger partial charge in [0.05, 0.1) is 0 Å². The van der Waals surface area contributed by atoms with Gasteiger partial charge in [0.15, 0.2) is 0 Å². The molecule has 13 heavy (non-hydrogen) atoms. The summed E-state index contributed by atoms with van der Waals surface area (Å²) in [5.41, 5.74) is 3.41. The molecule has 1 nitrogen and oxygen atoms in total. The summed E-state index contributed by atoms with van der Waals surface area (Å²) in [5, 5.41) is 3.38. The Hall–Kier alpha value is -0.820. The van der Waals surface area contributed by atoms with Crippen molar-refractivity contribution in [3.63, 3.8) is 0 Å². The number of hydrogen-bond acceptors (Lipinski definition) is 1. The van der Waals surface area contributed by atoms with Crippen LogP contribution in [0.5, 0.6) is 0 Å². The number of nitrogens with one attached hydrogen (secondary N) is 1. The summed E-state index contributed by atoms with van der Waals surface area (Å²) in [6.45, 7) is 6.79. The summed E-state index contributed by atoms with van der Waals surface area (Å²) < 4.78 is 0. The lowest BCUT2D eigenvalue weighted by Crippen LogP contribution is -2.56. The molecule has 0 radical (unpaired) electrons. The van der Waals surface area contributed by atoms with E-state index in [0.717, 1.165) is 13.1 Å². The van der Waals surface area contributed by atoms with Crippen LogP contribution in [0, 0.1) is 6.92 Å². The van der Waals surface area contributed by atoms with E-state index in [-0.39, 0.29) is 0 Å². The van der Waals surface area contributed by atoms with Crippen molar-refractivity contribution in [2.24, 2.45) is 0 Å². The van der Waals surface area contributed by atoms with Gasteiger partial charge in [-0.15, -0.1) is 0 Å². The Bertz CT molecular complexity index is 294. The molecule has 0 aromatic heterocycles. The van der Waals surface area contributed by atoms with Crippen molar-refractivity contribution in [3.05, 3.63) is 35.4 Å². The Kier molecular flexibility index (Phi) is 2.12. The molecule has 0 saturated carbocycles. The second-order valence-electron chi connectivity index (χ2n) is 4.05. The highest BCUT2D eigenvalue weighted by Gasteiger charge is 2.37. The van der Waals surface area contributed by atoms with E-state index in [1.54, 1.807) is 0 Å². The van der Waals surface area contributed by atoms with E-state index in [1.165, 1.54) is 17.5 Å². The van der Waals surface area contributed by atoms with Crippen LogP contribution in [0.2, 0.25) is 0 Å². The molecule has 1 N–H and O–H groups in total. The standard InChI is InChI=1S/C12H17N/c1-3-12(8-13-9-12)11-7-5-4-6-10(11)2/h4-7,13H,3,8-9H2,1-2H3. The van der Waals surface area contributed by atoms with Gasteiger partial charge in [-0.05, 0) is 24.5 Å². The maximum absolute atomic E-state index is 3.38. The van der Waals surface area contributed by atoms with Crippen LogP contribution < -0.4 is 5.32 Å². The molecule has 1 heterocycles. The van der Waals surface area contributed by atoms with Crippen LogP contribution in [-0.2, 0) is 5.41 Å². The number of aryl methyl sites for hydroxylation is 1. The van der Waals surface area contributed by atoms with Crippen LogP contribution in [0.1, 0.15) is 24.5 Å². The molecule has 2 rings (SSSR count). The molecule has 1 aliphatic heterocycles. The lowest BCUT2D eigenvalue weighted by atomic mass is 9.72. The van der Waals surface area contributed by atoms with E-state index in [9.17, 15) is 0 Å². The molecule has 1 saturated heterocycles. The zero-order chi connectivity index (χ0) is 9.31. The van der Waals surface area contributed by atoms with Crippen molar-refractivity contribution in [1.82, 2.24) is 5.32 Å². The van der Waals surface area contributed by atoms with Crippen molar-refractivity contribution in [3.8, 4) is 0 Å². The van der Waals surface area contributed by atoms with Gasteiger partial charge < -0.3 is 5.32 Å². The Labute approximate surface area is 80.2 Å². The van der Waals surface area contributed by atoms with E-state index in [0.29, 0.717) is 5.41 Å². The van der Waals surface area contributed by atoms with E-state index in [2.05, 4.69) is 43.4 Å². The van der Waals surface area contributed by atoms with Crippen LogP contribution in [0.3, 0.4) is 0 Å². The molecule has 0 unspecified atom stereocenters. The molecular formula is C12H17N. The van der Waals surface area contributed by atoms with E-state index in [4.69, 9.17) is 0 Å². The number of rotatable bonds is 2. The highest BCUT2D eigenvalue weighted by molar-refractivity contribution is 5.36. The Morgan fingerprint density at radius 2 is 2.00 bits per heavy atom. The van der Waals surface area contributed by atoms with Crippen molar-refractivity contribution >= 4 is 0 Å². The maximum Gasteiger partial charge on any atom is 0.0202 e. The predicted molar refractivity (Wildman–Crippen MR) is 56.0 cm³/mol. The Balaban J connectivity index is 2.38. The monoisotopic (exact) mass is 175 g/mol. The molecule has 1 aromatic carbocycles. The van der Waals surface area contributed by atoms with Gasteiger partial charge in [-0.3, -0.25) is 0 Å². The van der Waals surface area contributed by atoms with E-state index >= 15 is 0 Å². The van der Waals surface area contributed by atoms with Crippen LogP contribution >= 0.6 is 0 Å². The quantitative estimate of drug-likeness (QED) is 0.727. The molecule has 1 heteroatoms. The first kappa shape index (κ1) is 8.76. The minimum atomic E-state index is 0.436. The van der Waals surface area contributed by atoms with Crippen LogP contribution in [0.25, 0.3) is 0 Å². The highest BCUT2D eigenvalue weighted by atomic mass is 15.0. The number of benzene rings is 1. The lowest BCUT2D eigenvalue weighted by Gasteiger charge is -2.43. The zero-order valence-electron chi connectivity index (χ0n) is 8.43. The van der Waals surface area contributed by atoms with Gasteiger partial charge in [0.2, 0.25) is 0 Å². The maximum atomic E-state index is 3.38. The van der Waals surface area contributed by atoms with Crippen molar-refractivity contribution < 1.29 is 0 Å². The summed E-state index contributed by atoms with van der Waals surface area (Å²) >= 11 is 0. The fraction of sp³-hybridized carbons (Fsp3) is 0.500. The summed E-state index contributed by atoms with van der Waals surface area (Å²) in [5.74, 6) is 0. The zero-order valence-corrected chi connectivity index (χ0v) is 8.43. The molecule has 0 atom stereocenters. The average molecular weight is 175 g/mol. The summed E-state index contributed by atoms with van der Waals surface area (Å²) in [6.07, 6.45) is 1.24. The smallest absolute Gasteiger partial charge is 0.0202 e. The van der Waals surface area contributed by atoms with Gasteiger partial charge in [0.1, 0.15) is 0 Å². The minimum Gasteiger partial charge on any atom is -0.315 e. The Morgan fingerprint density at radius 1 is 1.31 bits per heavy atom. The molecule has 70 valence electrons. The van der Waals surface area contributed by atoms with Gasteiger partial charge in [-0.1, -0.05) is 31.2 Å². The second kappa shape index (κ2) is 3.15. The third-order valence-electron chi connectivity index (χ3n) is 3.32. The largest absolute Gasteiger partial charge is 0.315 e. The van der Waals surface area contributed by atoms with E-state index in [1.807, 2.05) is 0 Å². The van der Waals surface area contributed by atoms with Gasteiger partial charge in [-0.2, -0.15) is 0 Å². The van der Waals surface area contributed by atoms with Gasteiger partial charge in [0.25, 0.3) is 0 Å². The molecular weight excluding hydrogens is 158 g/mol. The molecule has 0 bridgehead atoms. The number of hydrogen-bond donors (Lipinski definition) is 1. The fourth-order valence-corrected chi connectivity index (χ4v) is 2.23. The molecule has 1 fully saturated rings. The SMILES string of the molecule is CCC1(c2ccccc2C)CNC1. The van der Waals surface area contributed by atoms with Gasteiger partial charge in [-0.25, -0.2) is 0 Å². The van der Waals surface area contributed by atoms with Crippen molar-refractivity contribution in [1.29, 1.82) is 0 Å². The molecule has 0 aliphatic carbocycles. The average Bonchev–Trinajstić information content (AvgIpc) is 2.07. The molecule has 0 amide bonds. The summed E-state index contributed by atoms with van der Waals surface area (Å²) in [6, 6.07) is 8.76. The second-order valence-corrected chi connectivity index (χ2v) is 4.05. The van der Waals surface area contributed by atoms with Gasteiger partial charge in [0, 0.05) is 18.5 Å². The first-order chi connectivity index (χ1) is 6.28. The van der Waals surface area contributed by atoms with E-state index < -0.39 is 0 Å². The first-order valence-electron chi connectivity index (χ1n) is 5.05. The highest BCUT2D eigenvalue weighted by Crippen LogP contribution is 2.33. The third-order valence-corrected chi connectivity index (χ3v) is 3.32. The molecule has 1 aliphatic rings. The third kappa shape index (κ3) is 1.28. The lowest BCUT2D eigenvalue weighted by molar-refractivity contribution is 0.266. The predicted octanol–water partition coefficient (Wildman–Crippen LogP) is 2.25. The normalized spacial score (nSPS) is 19.5. The summed E-state index contributed by atoms with van der Waals surface area (Å²) in [4.78, 5) is 0. The van der Waals surface area contributed by atoms with Crippen molar-refractivity contribution in [2.75, 3.05) is 13.1 Å². The summed E-state index contributed by atoms with van der Waals surface area (Å²) in [7, 11) is 0. The van der Waals surface area contributed by atoms with Gasteiger partial charge >= 0.3 is 0 Å². The topological polar surface area (TPSA) is 12.0 Å². The van der Waals surface area contributed by atoms with Crippen LogP contribution in [0.15, 0.2) is 24.3 Å². The first-order valence-corrected chi connectivity index (χ1v) is 5.05. The molecule has 0 spiro atoms. The Morgan fingerprint density at radius 3 is 2.46 bits per heavy atom.